The number of halogens is 1. The Kier molecular flexibility index (Phi) is 6.63. The zero-order valence-electron chi connectivity index (χ0n) is 16.4. The molecule has 1 unspecified atom stereocenters. The summed E-state index contributed by atoms with van der Waals surface area (Å²) in [5, 5.41) is 14.6. The average molecular weight is 399 g/mol. The lowest BCUT2D eigenvalue weighted by molar-refractivity contribution is 0.0697. The molecule has 1 atom stereocenters. The molecular formula is C23H27ClN2O2. The van der Waals surface area contributed by atoms with E-state index in [0.717, 1.165) is 42.8 Å². The van der Waals surface area contributed by atoms with Gasteiger partial charge in [0, 0.05) is 40.4 Å². The first-order valence-corrected chi connectivity index (χ1v) is 10.2. The molecule has 0 amide bonds. The Morgan fingerprint density at radius 1 is 1.14 bits per heavy atom. The molecule has 3 rings (SSSR count). The minimum Gasteiger partial charge on any atom is -0.478 e. The fourth-order valence-electron chi connectivity index (χ4n) is 3.62. The van der Waals surface area contributed by atoms with Crippen LogP contribution in [0.1, 0.15) is 48.7 Å². The van der Waals surface area contributed by atoms with Gasteiger partial charge in [-0.3, -0.25) is 0 Å². The van der Waals surface area contributed by atoms with Crippen LogP contribution in [0.4, 0.5) is 5.69 Å². The molecule has 3 aromatic rings. The summed E-state index contributed by atoms with van der Waals surface area (Å²) in [5.41, 5.74) is 3.77. The van der Waals surface area contributed by atoms with Gasteiger partial charge in [-0.25, -0.2) is 4.79 Å². The first-order chi connectivity index (χ1) is 13.5. The molecule has 0 spiro atoms. The molecule has 0 radical (unpaired) electrons. The van der Waals surface area contributed by atoms with Gasteiger partial charge < -0.3 is 15.0 Å². The maximum Gasteiger partial charge on any atom is 0.335 e. The molecule has 0 saturated carbocycles. The van der Waals surface area contributed by atoms with Crippen molar-refractivity contribution in [2.24, 2.45) is 7.05 Å². The maximum atomic E-state index is 11.0. The molecule has 1 aromatic heterocycles. The third kappa shape index (κ3) is 4.87. The fraction of sp³-hybridized carbons (Fsp3) is 0.348. The zero-order chi connectivity index (χ0) is 20.1. The van der Waals surface area contributed by atoms with Crippen LogP contribution in [0.3, 0.4) is 0 Å². The lowest BCUT2D eigenvalue weighted by Crippen LogP contribution is -2.21. The predicted molar refractivity (Wildman–Crippen MR) is 117 cm³/mol. The number of nitrogens with zero attached hydrogens (tertiary/aromatic N) is 1. The van der Waals surface area contributed by atoms with E-state index in [-0.39, 0.29) is 0 Å². The molecule has 148 valence electrons. The van der Waals surface area contributed by atoms with Crippen molar-refractivity contribution < 1.29 is 9.90 Å². The van der Waals surface area contributed by atoms with E-state index in [1.54, 1.807) is 12.1 Å². The minimum absolute atomic E-state index is 0.310. The summed E-state index contributed by atoms with van der Waals surface area (Å²) in [7, 11) is 2.10. The molecule has 2 N–H and O–H groups in total. The monoisotopic (exact) mass is 398 g/mol. The van der Waals surface area contributed by atoms with Gasteiger partial charge in [0.15, 0.2) is 0 Å². The second-order valence-corrected chi connectivity index (χ2v) is 7.74. The number of fused-ring (bicyclic) bond motifs is 1. The van der Waals surface area contributed by atoms with Crippen LogP contribution in [0.5, 0.6) is 0 Å². The number of carbonyl (C=O) groups is 1. The van der Waals surface area contributed by atoms with Crippen molar-refractivity contribution in [3.05, 3.63) is 64.8 Å². The van der Waals surface area contributed by atoms with Gasteiger partial charge in [0.25, 0.3) is 0 Å². The van der Waals surface area contributed by atoms with Crippen molar-refractivity contribution in [3.8, 4) is 0 Å². The standard InChI is InChI=1S/C23H27ClN2O2/c1-3-4-5-19(25-20-9-6-16(7-10-20)23(27)28)11-12-21-15-17-14-18(24)8-13-22(17)26(21)2/h6-10,13-15,19,25H,3-5,11-12H2,1-2H3,(H,27,28). The summed E-state index contributed by atoms with van der Waals surface area (Å²) in [6.07, 6.45) is 5.39. The van der Waals surface area contributed by atoms with E-state index in [1.807, 2.05) is 24.3 Å². The smallest absolute Gasteiger partial charge is 0.335 e. The van der Waals surface area contributed by atoms with E-state index in [1.165, 1.54) is 16.6 Å². The van der Waals surface area contributed by atoms with Gasteiger partial charge in [0.05, 0.1) is 5.56 Å². The van der Waals surface area contributed by atoms with Gasteiger partial charge in [-0.15, -0.1) is 0 Å². The molecule has 28 heavy (non-hydrogen) atoms. The van der Waals surface area contributed by atoms with Crippen LogP contribution in [0.25, 0.3) is 10.9 Å². The third-order valence-electron chi connectivity index (χ3n) is 5.26. The van der Waals surface area contributed by atoms with E-state index >= 15 is 0 Å². The van der Waals surface area contributed by atoms with Crippen LogP contribution in [0.15, 0.2) is 48.5 Å². The fourth-order valence-corrected chi connectivity index (χ4v) is 3.80. The van der Waals surface area contributed by atoms with E-state index in [9.17, 15) is 4.79 Å². The number of unbranched alkanes of at least 4 members (excludes halogenated alkanes) is 1. The molecule has 2 aromatic carbocycles. The average Bonchev–Trinajstić information content (AvgIpc) is 2.99. The van der Waals surface area contributed by atoms with Crippen molar-refractivity contribution in [2.45, 2.75) is 45.1 Å². The number of hydrogen-bond acceptors (Lipinski definition) is 2. The number of nitrogens with one attached hydrogen (secondary N) is 1. The summed E-state index contributed by atoms with van der Waals surface area (Å²) in [6.45, 7) is 2.20. The summed E-state index contributed by atoms with van der Waals surface area (Å²) < 4.78 is 2.24. The van der Waals surface area contributed by atoms with Crippen LogP contribution >= 0.6 is 11.6 Å². The number of aromatic carboxylic acids is 1. The van der Waals surface area contributed by atoms with E-state index in [4.69, 9.17) is 16.7 Å². The normalized spacial score (nSPS) is 12.2. The van der Waals surface area contributed by atoms with Crippen LogP contribution in [-0.2, 0) is 13.5 Å². The van der Waals surface area contributed by atoms with Gasteiger partial charge >= 0.3 is 5.97 Å². The summed E-state index contributed by atoms with van der Waals surface area (Å²) in [4.78, 5) is 11.0. The van der Waals surface area contributed by atoms with Crippen molar-refractivity contribution >= 4 is 34.2 Å². The molecule has 0 saturated heterocycles. The third-order valence-corrected chi connectivity index (χ3v) is 5.50. The number of carboxylic acids is 1. The van der Waals surface area contributed by atoms with Crippen LogP contribution in [0, 0.1) is 0 Å². The number of aryl methyl sites for hydroxylation is 2. The van der Waals surface area contributed by atoms with Crippen molar-refractivity contribution in [2.75, 3.05) is 5.32 Å². The first-order valence-electron chi connectivity index (χ1n) is 9.81. The molecule has 4 nitrogen and oxygen atoms in total. The number of rotatable bonds is 9. The minimum atomic E-state index is -0.898. The van der Waals surface area contributed by atoms with Gasteiger partial charge in [0.1, 0.15) is 0 Å². The Morgan fingerprint density at radius 2 is 1.89 bits per heavy atom. The Bertz CT molecular complexity index is 947. The largest absolute Gasteiger partial charge is 0.478 e. The van der Waals surface area contributed by atoms with Crippen LogP contribution in [0.2, 0.25) is 5.02 Å². The summed E-state index contributed by atoms with van der Waals surface area (Å²) in [5.74, 6) is -0.898. The Labute approximate surface area is 171 Å². The van der Waals surface area contributed by atoms with Crippen LogP contribution < -0.4 is 5.32 Å². The van der Waals surface area contributed by atoms with Gasteiger partial charge in [-0.2, -0.15) is 0 Å². The first kappa shape index (κ1) is 20.3. The Hall–Kier alpha value is -2.46. The van der Waals surface area contributed by atoms with Gasteiger partial charge in [-0.05, 0) is 67.8 Å². The van der Waals surface area contributed by atoms with E-state index < -0.39 is 5.97 Å². The maximum absolute atomic E-state index is 11.0. The lowest BCUT2D eigenvalue weighted by atomic mass is 10.0. The van der Waals surface area contributed by atoms with E-state index in [2.05, 4.69) is 36.0 Å². The van der Waals surface area contributed by atoms with Gasteiger partial charge in [-0.1, -0.05) is 31.4 Å². The van der Waals surface area contributed by atoms with E-state index in [0.29, 0.717) is 11.6 Å². The molecule has 0 aliphatic rings. The van der Waals surface area contributed by atoms with Crippen molar-refractivity contribution in [1.82, 2.24) is 4.57 Å². The molecule has 0 fully saturated rings. The lowest BCUT2D eigenvalue weighted by Gasteiger charge is -2.20. The zero-order valence-corrected chi connectivity index (χ0v) is 17.2. The number of anilines is 1. The predicted octanol–water partition coefficient (Wildman–Crippen LogP) is 6.13. The number of hydrogen-bond donors (Lipinski definition) is 2. The number of aromatic nitrogens is 1. The topological polar surface area (TPSA) is 54.3 Å². The molecule has 5 heteroatoms. The molecule has 0 aliphatic heterocycles. The molecular weight excluding hydrogens is 372 g/mol. The summed E-state index contributed by atoms with van der Waals surface area (Å²) >= 11 is 6.13. The highest BCUT2D eigenvalue weighted by atomic mass is 35.5. The Balaban J connectivity index is 1.70. The highest BCUT2D eigenvalue weighted by Crippen LogP contribution is 2.24. The SMILES string of the molecule is CCCCC(CCc1cc2cc(Cl)ccc2n1C)Nc1ccc(C(=O)O)cc1. The van der Waals surface area contributed by atoms with Crippen LogP contribution in [-0.4, -0.2) is 21.7 Å². The highest BCUT2D eigenvalue weighted by molar-refractivity contribution is 6.31. The highest BCUT2D eigenvalue weighted by Gasteiger charge is 2.12. The number of carboxylic acid groups (broad SMARTS) is 1. The van der Waals surface area contributed by atoms with Crippen molar-refractivity contribution in [3.63, 3.8) is 0 Å². The van der Waals surface area contributed by atoms with Crippen molar-refractivity contribution in [1.29, 1.82) is 0 Å². The second-order valence-electron chi connectivity index (χ2n) is 7.30. The molecule has 0 aliphatic carbocycles. The second kappa shape index (κ2) is 9.16. The number of benzene rings is 2. The van der Waals surface area contributed by atoms with Gasteiger partial charge in [0.2, 0.25) is 0 Å². The quantitative estimate of drug-likeness (QED) is 0.455. The Morgan fingerprint density at radius 3 is 2.57 bits per heavy atom. The molecule has 0 bridgehead atoms. The molecule has 1 heterocycles. The summed E-state index contributed by atoms with van der Waals surface area (Å²) in [6, 6.07) is 15.6.